The third kappa shape index (κ3) is 2.70. The molecule has 124 valence electrons. The van der Waals surface area contributed by atoms with Crippen LogP contribution in [0.2, 0.25) is 0 Å². The normalized spacial score (nSPS) is 17.0. The van der Waals surface area contributed by atoms with Crippen molar-refractivity contribution in [1.29, 1.82) is 0 Å². The summed E-state index contributed by atoms with van der Waals surface area (Å²) < 4.78 is 0. The zero-order chi connectivity index (χ0) is 16.6. The molecule has 3 aromatic carbocycles. The molecule has 0 atom stereocenters. The molecule has 25 heavy (non-hydrogen) atoms. The minimum atomic E-state index is 0.932. The largest absolute Gasteiger partial charge is 0.0649 e. The Morgan fingerprint density at radius 1 is 0.760 bits per heavy atom. The van der Waals surface area contributed by atoms with E-state index in [4.69, 9.17) is 0 Å². The Bertz CT molecular complexity index is 949. The van der Waals surface area contributed by atoms with Gasteiger partial charge in [0, 0.05) is 0 Å². The van der Waals surface area contributed by atoms with Gasteiger partial charge in [-0.05, 0) is 51.8 Å². The predicted molar refractivity (Wildman–Crippen MR) is 108 cm³/mol. The van der Waals surface area contributed by atoms with Crippen LogP contribution in [-0.2, 0) is 6.42 Å². The molecule has 0 amide bonds. The Balaban J connectivity index is 1.58. The van der Waals surface area contributed by atoms with Crippen LogP contribution in [0.4, 0.5) is 0 Å². The molecule has 0 heteroatoms. The highest BCUT2D eigenvalue weighted by atomic mass is 14.3. The lowest BCUT2D eigenvalue weighted by atomic mass is 9.93. The monoisotopic (exact) mass is 324 g/mol. The highest BCUT2D eigenvalue weighted by Crippen LogP contribution is 2.40. The topological polar surface area (TPSA) is 0 Å². The molecule has 0 aromatic heterocycles. The first-order chi connectivity index (χ1) is 12.4. The van der Waals surface area contributed by atoms with Crippen molar-refractivity contribution in [3.63, 3.8) is 0 Å². The molecular formula is C25H24. The number of allylic oxidation sites excluding steroid dienone is 1. The van der Waals surface area contributed by atoms with Crippen molar-refractivity contribution in [2.45, 2.75) is 38.5 Å². The molecule has 2 aliphatic carbocycles. The molecule has 1 fully saturated rings. The van der Waals surface area contributed by atoms with Crippen LogP contribution in [0.15, 0.2) is 66.2 Å². The van der Waals surface area contributed by atoms with E-state index in [2.05, 4.69) is 66.7 Å². The number of hydrogen-bond acceptors (Lipinski definition) is 0. The second-order valence-electron chi connectivity index (χ2n) is 7.74. The van der Waals surface area contributed by atoms with Gasteiger partial charge in [0.15, 0.2) is 0 Å². The maximum atomic E-state index is 2.50. The minimum absolute atomic E-state index is 0.932. The highest BCUT2D eigenvalue weighted by Gasteiger charge is 2.21. The predicted octanol–water partition coefficient (Wildman–Crippen LogP) is 7.03. The van der Waals surface area contributed by atoms with E-state index in [0.29, 0.717) is 0 Å². The minimum Gasteiger partial charge on any atom is -0.0649 e. The molecule has 0 unspecified atom stereocenters. The van der Waals surface area contributed by atoms with E-state index in [1.165, 1.54) is 65.1 Å². The van der Waals surface area contributed by atoms with Crippen molar-refractivity contribution >= 4 is 16.8 Å². The van der Waals surface area contributed by atoms with E-state index in [-0.39, 0.29) is 0 Å². The van der Waals surface area contributed by atoms with Crippen LogP contribution < -0.4 is 0 Å². The van der Waals surface area contributed by atoms with Gasteiger partial charge in [-0.3, -0.25) is 0 Å². The van der Waals surface area contributed by atoms with E-state index < -0.39 is 0 Å². The van der Waals surface area contributed by atoms with Crippen LogP contribution in [-0.4, -0.2) is 0 Å². The Labute approximate surface area is 150 Å². The van der Waals surface area contributed by atoms with E-state index in [1.807, 2.05) is 0 Å². The molecule has 1 saturated carbocycles. The van der Waals surface area contributed by atoms with Gasteiger partial charge >= 0.3 is 0 Å². The van der Waals surface area contributed by atoms with Gasteiger partial charge < -0.3 is 0 Å². The lowest BCUT2D eigenvalue weighted by molar-refractivity contribution is 0.541. The average Bonchev–Trinajstić information content (AvgIpc) is 3.30. The van der Waals surface area contributed by atoms with Crippen LogP contribution in [0.1, 0.15) is 43.2 Å². The standard InChI is InChI=1S/C25H24/c1-2-8-18(7-1)15-19-16-21-11-6-14-24(25(21)17-19)23-13-5-10-20-9-3-4-12-22(20)23/h3-6,9-14,17-18H,1-2,7-8,15-16H2. The smallest absolute Gasteiger partial charge is 0.00575 e. The third-order valence-electron chi connectivity index (χ3n) is 6.07. The molecule has 0 spiro atoms. The molecule has 0 aliphatic heterocycles. The lowest BCUT2D eigenvalue weighted by Gasteiger charge is -2.11. The van der Waals surface area contributed by atoms with Crippen LogP contribution >= 0.6 is 0 Å². The van der Waals surface area contributed by atoms with Crippen LogP contribution in [0, 0.1) is 5.92 Å². The summed E-state index contributed by atoms with van der Waals surface area (Å²) in [6.07, 6.45) is 10.7. The zero-order valence-corrected chi connectivity index (χ0v) is 14.7. The molecule has 0 saturated heterocycles. The molecule has 0 nitrogen and oxygen atoms in total. The second-order valence-corrected chi connectivity index (χ2v) is 7.74. The van der Waals surface area contributed by atoms with Gasteiger partial charge in [-0.1, -0.05) is 98.0 Å². The van der Waals surface area contributed by atoms with E-state index in [0.717, 1.165) is 12.3 Å². The number of hydrogen-bond donors (Lipinski definition) is 0. The van der Waals surface area contributed by atoms with Gasteiger partial charge in [0.25, 0.3) is 0 Å². The molecule has 0 N–H and O–H groups in total. The Hall–Kier alpha value is -2.34. The Morgan fingerprint density at radius 2 is 1.52 bits per heavy atom. The summed E-state index contributed by atoms with van der Waals surface area (Å²) in [4.78, 5) is 0. The van der Waals surface area contributed by atoms with Crippen molar-refractivity contribution in [3.05, 3.63) is 77.4 Å². The molecule has 0 radical (unpaired) electrons. The summed E-state index contributed by atoms with van der Waals surface area (Å²) in [5.41, 5.74) is 7.39. The SMILES string of the molecule is C1=C(CC2CCCC2)Cc2cccc(-c3cccc4ccccc34)c21. The highest BCUT2D eigenvalue weighted by molar-refractivity contribution is 5.99. The van der Waals surface area contributed by atoms with E-state index in [1.54, 1.807) is 5.57 Å². The molecular weight excluding hydrogens is 300 g/mol. The van der Waals surface area contributed by atoms with Crippen LogP contribution in [0.3, 0.4) is 0 Å². The fourth-order valence-electron chi connectivity index (χ4n) is 4.85. The van der Waals surface area contributed by atoms with Crippen LogP contribution in [0.5, 0.6) is 0 Å². The number of rotatable bonds is 3. The van der Waals surface area contributed by atoms with Gasteiger partial charge in [0.05, 0.1) is 0 Å². The fourth-order valence-corrected chi connectivity index (χ4v) is 4.85. The van der Waals surface area contributed by atoms with Crippen molar-refractivity contribution in [3.8, 4) is 11.1 Å². The van der Waals surface area contributed by atoms with E-state index >= 15 is 0 Å². The Morgan fingerprint density at radius 3 is 2.44 bits per heavy atom. The number of benzene rings is 3. The molecule has 3 aromatic rings. The second kappa shape index (κ2) is 6.19. The first kappa shape index (κ1) is 15.0. The first-order valence-corrected chi connectivity index (χ1v) is 9.68. The summed E-state index contributed by atoms with van der Waals surface area (Å²) in [7, 11) is 0. The van der Waals surface area contributed by atoms with E-state index in [9.17, 15) is 0 Å². The maximum absolute atomic E-state index is 2.50. The van der Waals surface area contributed by atoms with Crippen molar-refractivity contribution < 1.29 is 0 Å². The van der Waals surface area contributed by atoms with Crippen molar-refractivity contribution in [2.24, 2.45) is 5.92 Å². The maximum Gasteiger partial charge on any atom is -0.00575 e. The van der Waals surface area contributed by atoms with Crippen molar-refractivity contribution in [2.75, 3.05) is 0 Å². The van der Waals surface area contributed by atoms with Gasteiger partial charge in [-0.25, -0.2) is 0 Å². The van der Waals surface area contributed by atoms with Crippen molar-refractivity contribution in [1.82, 2.24) is 0 Å². The van der Waals surface area contributed by atoms with Gasteiger partial charge in [0.1, 0.15) is 0 Å². The van der Waals surface area contributed by atoms with Crippen LogP contribution in [0.25, 0.3) is 28.0 Å². The quantitative estimate of drug-likeness (QED) is 0.485. The summed E-state index contributed by atoms with van der Waals surface area (Å²) in [5, 5.41) is 2.68. The molecule has 2 aliphatic rings. The molecule has 0 bridgehead atoms. The summed E-state index contributed by atoms with van der Waals surface area (Å²) in [6, 6.07) is 22.3. The zero-order valence-electron chi connectivity index (χ0n) is 14.7. The Kier molecular flexibility index (Phi) is 3.70. The lowest BCUT2D eigenvalue weighted by Crippen LogP contribution is -1.95. The van der Waals surface area contributed by atoms with Gasteiger partial charge in [0.2, 0.25) is 0 Å². The molecule has 0 heterocycles. The first-order valence-electron chi connectivity index (χ1n) is 9.68. The fraction of sp³-hybridized carbons (Fsp3) is 0.280. The third-order valence-corrected chi connectivity index (χ3v) is 6.07. The summed E-state index contributed by atoms with van der Waals surface area (Å²) in [6.45, 7) is 0. The van der Waals surface area contributed by atoms with Gasteiger partial charge in [-0.15, -0.1) is 0 Å². The van der Waals surface area contributed by atoms with Gasteiger partial charge in [-0.2, -0.15) is 0 Å². The summed E-state index contributed by atoms with van der Waals surface area (Å²) in [5.74, 6) is 0.932. The summed E-state index contributed by atoms with van der Waals surface area (Å²) >= 11 is 0. The average molecular weight is 324 g/mol. The number of fused-ring (bicyclic) bond motifs is 2. The molecule has 5 rings (SSSR count).